The Bertz CT molecular complexity index is 812. The maximum atomic E-state index is 12.6. The van der Waals surface area contributed by atoms with Crippen LogP contribution in [0.15, 0.2) is 59.5 Å². The third-order valence-corrected chi connectivity index (χ3v) is 6.28. The van der Waals surface area contributed by atoms with Gasteiger partial charge in [0.2, 0.25) is 10.0 Å². The largest absolute Gasteiger partial charge is 0.348 e. The Morgan fingerprint density at radius 1 is 0.920 bits per heavy atom. The van der Waals surface area contributed by atoms with Crippen LogP contribution in [0, 0.1) is 0 Å². The lowest BCUT2D eigenvalue weighted by molar-refractivity contribution is 0.0951. The molecule has 1 heterocycles. The average molecular weight is 358 g/mol. The van der Waals surface area contributed by atoms with Gasteiger partial charge in [0.1, 0.15) is 0 Å². The zero-order chi connectivity index (χ0) is 17.7. The smallest absolute Gasteiger partial charge is 0.251 e. The van der Waals surface area contributed by atoms with Crippen LogP contribution in [0.2, 0.25) is 0 Å². The minimum absolute atomic E-state index is 0.148. The van der Waals surface area contributed by atoms with E-state index in [1.54, 1.807) is 40.7 Å². The van der Waals surface area contributed by atoms with Crippen LogP contribution in [0.25, 0.3) is 0 Å². The van der Waals surface area contributed by atoms with E-state index in [4.69, 9.17) is 0 Å². The van der Waals surface area contributed by atoms with E-state index in [1.165, 1.54) is 0 Å². The van der Waals surface area contributed by atoms with E-state index < -0.39 is 10.0 Å². The SMILES string of the molecule is O=C(NCc1ccc(S(=O)(=O)N2CCCCC2)cc1)c1ccccc1. The summed E-state index contributed by atoms with van der Waals surface area (Å²) in [5, 5.41) is 2.84. The van der Waals surface area contributed by atoms with Gasteiger partial charge in [0.05, 0.1) is 4.90 Å². The Kier molecular flexibility index (Phi) is 5.50. The van der Waals surface area contributed by atoms with E-state index in [1.807, 2.05) is 18.2 Å². The molecule has 1 amide bonds. The van der Waals surface area contributed by atoms with Gasteiger partial charge in [-0.15, -0.1) is 0 Å². The van der Waals surface area contributed by atoms with Crippen molar-refractivity contribution in [1.82, 2.24) is 9.62 Å². The molecule has 0 aliphatic carbocycles. The molecule has 25 heavy (non-hydrogen) atoms. The average Bonchev–Trinajstić information content (AvgIpc) is 2.68. The van der Waals surface area contributed by atoms with Crippen molar-refractivity contribution >= 4 is 15.9 Å². The predicted octanol–water partition coefficient (Wildman–Crippen LogP) is 2.79. The number of nitrogens with zero attached hydrogens (tertiary/aromatic N) is 1. The summed E-state index contributed by atoms with van der Waals surface area (Å²) in [7, 11) is -3.41. The first kappa shape index (κ1) is 17.6. The molecule has 0 unspecified atom stereocenters. The van der Waals surface area contributed by atoms with Gasteiger partial charge in [-0.3, -0.25) is 4.79 Å². The highest BCUT2D eigenvalue weighted by Crippen LogP contribution is 2.20. The quantitative estimate of drug-likeness (QED) is 0.894. The van der Waals surface area contributed by atoms with Crippen LogP contribution >= 0.6 is 0 Å². The van der Waals surface area contributed by atoms with Gasteiger partial charge < -0.3 is 5.32 Å². The van der Waals surface area contributed by atoms with Gasteiger partial charge in [-0.2, -0.15) is 4.31 Å². The number of sulfonamides is 1. The Labute approximate surface area is 148 Å². The number of carbonyl (C=O) groups excluding carboxylic acids is 1. The van der Waals surface area contributed by atoms with Crippen molar-refractivity contribution in [3.8, 4) is 0 Å². The van der Waals surface area contributed by atoms with Crippen LogP contribution in [-0.4, -0.2) is 31.7 Å². The monoisotopic (exact) mass is 358 g/mol. The summed E-state index contributed by atoms with van der Waals surface area (Å²) < 4.78 is 26.8. The van der Waals surface area contributed by atoms with Gasteiger partial charge in [-0.1, -0.05) is 36.8 Å². The Balaban J connectivity index is 1.63. The van der Waals surface area contributed by atoms with Crippen LogP contribution in [0.5, 0.6) is 0 Å². The first-order valence-electron chi connectivity index (χ1n) is 8.50. The normalized spacial score (nSPS) is 15.7. The molecule has 132 valence electrons. The van der Waals surface area contributed by atoms with Gasteiger partial charge in [0.25, 0.3) is 5.91 Å². The zero-order valence-electron chi connectivity index (χ0n) is 14.0. The van der Waals surface area contributed by atoms with E-state index in [-0.39, 0.29) is 5.91 Å². The Morgan fingerprint density at radius 2 is 1.56 bits per heavy atom. The maximum Gasteiger partial charge on any atom is 0.251 e. The van der Waals surface area contributed by atoms with Crippen molar-refractivity contribution in [3.63, 3.8) is 0 Å². The van der Waals surface area contributed by atoms with Crippen LogP contribution < -0.4 is 5.32 Å². The molecule has 0 radical (unpaired) electrons. The lowest BCUT2D eigenvalue weighted by Gasteiger charge is -2.25. The van der Waals surface area contributed by atoms with Gasteiger partial charge in [0, 0.05) is 25.2 Å². The maximum absolute atomic E-state index is 12.6. The van der Waals surface area contributed by atoms with E-state index in [0.29, 0.717) is 30.1 Å². The Hall–Kier alpha value is -2.18. The van der Waals surface area contributed by atoms with Gasteiger partial charge in [-0.05, 0) is 42.7 Å². The first-order chi connectivity index (χ1) is 12.1. The van der Waals surface area contributed by atoms with Crippen LogP contribution in [0.1, 0.15) is 35.2 Å². The highest BCUT2D eigenvalue weighted by atomic mass is 32.2. The fourth-order valence-corrected chi connectivity index (χ4v) is 4.42. The molecule has 0 aromatic heterocycles. The highest BCUT2D eigenvalue weighted by Gasteiger charge is 2.25. The standard InChI is InChI=1S/C19H22N2O3S/c22-19(17-7-3-1-4-8-17)20-15-16-9-11-18(12-10-16)25(23,24)21-13-5-2-6-14-21/h1,3-4,7-12H,2,5-6,13-15H2,(H,20,22). The molecule has 5 nitrogen and oxygen atoms in total. The molecule has 1 aliphatic heterocycles. The van der Waals surface area contributed by atoms with E-state index >= 15 is 0 Å². The molecule has 0 saturated carbocycles. The first-order valence-corrected chi connectivity index (χ1v) is 9.94. The molecule has 1 saturated heterocycles. The molecule has 3 rings (SSSR count). The fraction of sp³-hybridized carbons (Fsp3) is 0.316. The molecule has 6 heteroatoms. The van der Waals surface area contributed by atoms with Crippen LogP contribution in [-0.2, 0) is 16.6 Å². The van der Waals surface area contributed by atoms with E-state index in [9.17, 15) is 13.2 Å². The summed E-state index contributed by atoms with van der Waals surface area (Å²) in [6.07, 6.45) is 2.93. The number of benzene rings is 2. The summed E-state index contributed by atoms with van der Waals surface area (Å²) in [5.41, 5.74) is 1.47. The molecule has 1 aliphatic rings. The Morgan fingerprint density at radius 3 is 2.20 bits per heavy atom. The molecule has 2 aromatic rings. The number of hydrogen-bond acceptors (Lipinski definition) is 3. The third-order valence-electron chi connectivity index (χ3n) is 4.37. The molecule has 0 atom stereocenters. The molecule has 0 bridgehead atoms. The minimum Gasteiger partial charge on any atom is -0.348 e. The number of hydrogen-bond donors (Lipinski definition) is 1. The number of amides is 1. The molecular weight excluding hydrogens is 336 g/mol. The molecule has 1 fully saturated rings. The lowest BCUT2D eigenvalue weighted by atomic mass is 10.2. The second kappa shape index (κ2) is 7.80. The predicted molar refractivity (Wildman–Crippen MR) is 96.7 cm³/mol. The molecular formula is C19H22N2O3S. The van der Waals surface area contributed by atoms with Crippen molar-refractivity contribution in [2.75, 3.05) is 13.1 Å². The second-order valence-electron chi connectivity index (χ2n) is 6.16. The highest BCUT2D eigenvalue weighted by molar-refractivity contribution is 7.89. The summed E-state index contributed by atoms with van der Waals surface area (Å²) >= 11 is 0. The van der Waals surface area contributed by atoms with E-state index in [2.05, 4.69) is 5.32 Å². The van der Waals surface area contributed by atoms with Crippen molar-refractivity contribution in [2.24, 2.45) is 0 Å². The molecule has 2 aromatic carbocycles. The summed E-state index contributed by atoms with van der Waals surface area (Å²) in [6, 6.07) is 15.7. The van der Waals surface area contributed by atoms with Gasteiger partial charge in [0.15, 0.2) is 0 Å². The van der Waals surface area contributed by atoms with Crippen molar-refractivity contribution in [2.45, 2.75) is 30.7 Å². The van der Waals surface area contributed by atoms with Crippen LogP contribution in [0.4, 0.5) is 0 Å². The zero-order valence-corrected chi connectivity index (χ0v) is 14.8. The second-order valence-corrected chi connectivity index (χ2v) is 8.10. The van der Waals surface area contributed by atoms with Gasteiger partial charge in [-0.25, -0.2) is 8.42 Å². The number of nitrogens with one attached hydrogen (secondary N) is 1. The number of carbonyl (C=O) groups is 1. The third kappa shape index (κ3) is 4.27. The van der Waals surface area contributed by atoms with Gasteiger partial charge >= 0.3 is 0 Å². The lowest BCUT2D eigenvalue weighted by Crippen LogP contribution is -2.35. The summed E-state index contributed by atoms with van der Waals surface area (Å²) in [6.45, 7) is 1.55. The fourth-order valence-electron chi connectivity index (χ4n) is 2.91. The molecule has 1 N–H and O–H groups in total. The number of piperidine rings is 1. The molecule has 0 spiro atoms. The summed E-state index contributed by atoms with van der Waals surface area (Å²) in [4.78, 5) is 12.3. The van der Waals surface area contributed by atoms with Crippen molar-refractivity contribution < 1.29 is 13.2 Å². The van der Waals surface area contributed by atoms with E-state index in [0.717, 1.165) is 24.8 Å². The topological polar surface area (TPSA) is 66.5 Å². The number of rotatable bonds is 5. The van der Waals surface area contributed by atoms with Crippen LogP contribution in [0.3, 0.4) is 0 Å². The van der Waals surface area contributed by atoms with Crippen molar-refractivity contribution in [3.05, 3.63) is 65.7 Å². The van der Waals surface area contributed by atoms with Crippen molar-refractivity contribution in [1.29, 1.82) is 0 Å². The minimum atomic E-state index is -3.41. The summed E-state index contributed by atoms with van der Waals surface area (Å²) in [5.74, 6) is -0.148.